The minimum Gasteiger partial charge on any atom is -0.393 e. The number of rotatable bonds is 6. The molecule has 3 aromatic rings. The van der Waals surface area contributed by atoms with Crippen LogP contribution in [0.2, 0.25) is 0 Å². The molecule has 1 aliphatic heterocycles. The first kappa shape index (κ1) is 25.0. The van der Waals surface area contributed by atoms with E-state index < -0.39 is 36.1 Å². The van der Waals surface area contributed by atoms with Crippen molar-refractivity contribution in [2.24, 2.45) is 0 Å². The second-order valence-corrected chi connectivity index (χ2v) is 9.28. The van der Waals surface area contributed by atoms with Crippen LogP contribution in [-0.2, 0) is 16.6 Å². The summed E-state index contributed by atoms with van der Waals surface area (Å²) in [6.07, 6.45) is -3.31. The number of nitrogens with one attached hydrogen (secondary N) is 1. The molecule has 2 atom stereocenters. The molecule has 0 saturated carbocycles. The molecule has 3 heterocycles. The number of hydrogen-bond donors (Lipinski definition) is 4. The van der Waals surface area contributed by atoms with Gasteiger partial charge in [-0.3, -0.25) is 4.79 Å². The van der Waals surface area contributed by atoms with E-state index in [1.807, 2.05) is 13.0 Å². The largest absolute Gasteiger partial charge is 0.433 e. The van der Waals surface area contributed by atoms with E-state index in [4.69, 9.17) is 5.11 Å². The van der Waals surface area contributed by atoms with Gasteiger partial charge in [-0.2, -0.15) is 13.2 Å². The number of carbonyl (C=O) groups is 1. The molecule has 4 N–H and O–H groups in total. The average molecular weight is 510 g/mol. The molecule has 13 heteroatoms. The molecule has 4 rings (SSSR count). The number of amides is 1. The Morgan fingerprint density at radius 1 is 1.31 bits per heavy atom. The highest BCUT2D eigenvalue weighted by molar-refractivity contribution is 7.15. The zero-order chi connectivity index (χ0) is 25.4. The van der Waals surface area contributed by atoms with Crippen molar-refractivity contribution < 1.29 is 33.3 Å². The number of nitrogens with zero attached hydrogens (tertiary/aromatic N) is 4. The van der Waals surface area contributed by atoms with Crippen LogP contribution in [0.5, 0.6) is 0 Å². The van der Waals surface area contributed by atoms with Gasteiger partial charge in [-0.25, -0.2) is 15.0 Å². The van der Waals surface area contributed by atoms with Crippen LogP contribution in [0.3, 0.4) is 0 Å². The van der Waals surface area contributed by atoms with Gasteiger partial charge in [0, 0.05) is 31.0 Å². The van der Waals surface area contributed by atoms with E-state index >= 15 is 0 Å². The number of likely N-dealkylation sites (tertiary alicyclic amines) is 1. The van der Waals surface area contributed by atoms with Gasteiger partial charge in [0.25, 0.3) is 5.91 Å². The van der Waals surface area contributed by atoms with Crippen LogP contribution in [0.1, 0.15) is 22.7 Å². The molecule has 1 fully saturated rings. The molecule has 1 amide bonds. The van der Waals surface area contributed by atoms with Crippen LogP contribution >= 0.6 is 11.3 Å². The van der Waals surface area contributed by atoms with Crippen molar-refractivity contribution in [3.05, 3.63) is 52.9 Å². The van der Waals surface area contributed by atoms with Crippen molar-refractivity contribution in [2.45, 2.75) is 31.2 Å². The zero-order valence-electron chi connectivity index (χ0n) is 18.5. The van der Waals surface area contributed by atoms with E-state index in [0.717, 1.165) is 17.8 Å². The van der Waals surface area contributed by atoms with Crippen LogP contribution in [0, 0.1) is 6.92 Å². The number of hydrogen-bond acceptors (Lipinski definition) is 9. The molecule has 0 radical (unpaired) electrons. The smallest absolute Gasteiger partial charge is 0.393 e. The molecule has 2 aromatic heterocycles. The third kappa shape index (κ3) is 5.42. The molecule has 0 bridgehead atoms. The van der Waals surface area contributed by atoms with Crippen molar-refractivity contribution in [2.75, 3.05) is 25.0 Å². The third-order valence-electron chi connectivity index (χ3n) is 5.49. The maximum absolute atomic E-state index is 13.0. The third-order valence-corrected chi connectivity index (χ3v) is 6.72. The zero-order valence-corrected chi connectivity index (χ0v) is 19.3. The number of thiazole rings is 1. The van der Waals surface area contributed by atoms with Crippen molar-refractivity contribution in [1.29, 1.82) is 0 Å². The molecule has 1 aromatic carbocycles. The molecule has 1 saturated heterocycles. The van der Waals surface area contributed by atoms with Crippen molar-refractivity contribution in [3.63, 3.8) is 0 Å². The van der Waals surface area contributed by atoms with Crippen LogP contribution < -0.4 is 5.32 Å². The average Bonchev–Trinajstić information content (AvgIpc) is 3.46. The fraction of sp³-hybridized carbons (Fsp3) is 0.364. The van der Waals surface area contributed by atoms with Crippen molar-refractivity contribution in [1.82, 2.24) is 19.9 Å². The van der Waals surface area contributed by atoms with E-state index in [1.54, 1.807) is 18.3 Å². The van der Waals surface area contributed by atoms with Gasteiger partial charge in [0.15, 0.2) is 6.10 Å². The van der Waals surface area contributed by atoms with E-state index in [2.05, 4.69) is 20.3 Å². The highest BCUT2D eigenvalue weighted by Crippen LogP contribution is 2.38. The summed E-state index contributed by atoms with van der Waals surface area (Å²) in [6, 6.07) is 6.09. The first-order valence-electron chi connectivity index (χ1n) is 10.5. The number of aromatic nitrogens is 3. The maximum atomic E-state index is 13.0. The molecule has 0 aliphatic carbocycles. The summed E-state index contributed by atoms with van der Waals surface area (Å²) in [5.41, 5.74) is -0.443. The lowest BCUT2D eigenvalue weighted by Crippen LogP contribution is -2.41. The Morgan fingerprint density at radius 3 is 2.80 bits per heavy atom. The first-order chi connectivity index (χ1) is 16.5. The quantitative estimate of drug-likeness (QED) is 0.399. The predicted molar refractivity (Wildman–Crippen MR) is 121 cm³/mol. The van der Waals surface area contributed by atoms with Gasteiger partial charge in [-0.1, -0.05) is 6.07 Å². The Balaban J connectivity index is 1.55. The fourth-order valence-corrected chi connectivity index (χ4v) is 4.78. The summed E-state index contributed by atoms with van der Waals surface area (Å²) in [6.45, 7) is 1.26. The van der Waals surface area contributed by atoms with E-state index in [9.17, 15) is 28.2 Å². The van der Waals surface area contributed by atoms with E-state index in [0.29, 0.717) is 21.1 Å². The first-order valence-corrected chi connectivity index (χ1v) is 11.4. The van der Waals surface area contributed by atoms with Crippen LogP contribution in [0.25, 0.3) is 10.4 Å². The van der Waals surface area contributed by atoms with Crippen LogP contribution in [-0.4, -0.2) is 66.9 Å². The van der Waals surface area contributed by atoms with Gasteiger partial charge in [-0.05, 0) is 36.2 Å². The van der Waals surface area contributed by atoms with Crippen LogP contribution in [0.4, 0.5) is 24.8 Å². The lowest BCUT2D eigenvalue weighted by molar-refractivity contribution is -0.142. The SMILES string of the molecule is Cc1cc(Nc2nccc(C(F)(F)F)n2)cc(-c2cnc(C3(O)CCN(C(=O)C(O)CO)C3)s2)c1. The molecular weight excluding hydrogens is 487 g/mol. The molecule has 0 spiro atoms. The summed E-state index contributed by atoms with van der Waals surface area (Å²) in [4.78, 5) is 25.8. The summed E-state index contributed by atoms with van der Waals surface area (Å²) < 4.78 is 38.9. The van der Waals surface area contributed by atoms with Crippen molar-refractivity contribution in [3.8, 4) is 10.4 Å². The number of β-amino-alcohol motifs (C(OH)–C–C–N with tert-alkyl or cyclic N) is 1. The fourth-order valence-electron chi connectivity index (χ4n) is 3.77. The molecular formula is C22H22F3N5O4S. The second-order valence-electron chi connectivity index (χ2n) is 8.25. The lowest BCUT2D eigenvalue weighted by atomic mass is 10.1. The number of halogens is 3. The Hall–Kier alpha value is -3.13. The van der Waals surface area contributed by atoms with Gasteiger partial charge < -0.3 is 25.5 Å². The topological polar surface area (TPSA) is 132 Å². The molecule has 1 aliphatic rings. The lowest BCUT2D eigenvalue weighted by Gasteiger charge is -2.22. The predicted octanol–water partition coefficient (Wildman–Crippen LogP) is 2.44. The highest BCUT2D eigenvalue weighted by atomic mass is 32.1. The maximum Gasteiger partial charge on any atom is 0.433 e. The molecule has 9 nitrogen and oxygen atoms in total. The normalized spacial score (nSPS) is 19.1. The highest BCUT2D eigenvalue weighted by Gasteiger charge is 2.43. The van der Waals surface area contributed by atoms with E-state index in [-0.39, 0.29) is 25.5 Å². The van der Waals surface area contributed by atoms with Crippen molar-refractivity contribution >= 4 is 28.9 Å². The number of aliphatic hydroxyl groups is 3. The summed E-state index contributed by atoms with van der Waals surface area (Å²) in [7, 11) is 0. The number of aliphatic hydroxyl groups excluding tert-OH is 2. The van der Waals surface area contributed by atoms with Gasteiger partial charge in [0.05, 0.1) is 18.0 Å². The van der Waals surface area contributed by atoms with Gasteiger partial charge in [0.2, 0.25) is 5.95 Å². The Bertz CT molecular complexity index is 1240. The standard InChI is InChI=1S/C22H22F3N5O4S/c1-12-6-13(8-14(7-12)28-20-26-4-2-17(29-20)22(23,24)25)16-9-27-19(35-16)21(34)3-5-30(11-21)18(33)15(32)10-31/h2,4,6-9,15,31-32,34H,3,5,10-11H2,1H3,(H,26,28,29). The number of carbonyl (C=O) groups excluding carboxylic acids is 1. The number of benzene rings is 1. The van der Waals surface area contributed by atoms with Gasteiger partial charge >= 0.3 is 6.18 Å². The van der Waals surface area contributed by atoms with Crippen LogP contribution in [0.15, 0.2) is 36.7 Å². The van der Waals surface area contributed by atoms with E-state index in [1.165, 1.54) is 16.2 Å². The molecule has 186 valence electrons. The Morgan fingerprint density at radius 2 is 2.09 bits per heavy atom. The second kappa shape index (κ2) is 9.49. The Labute approximate surface area is 201 Å². The summed E-state index contributed by atoms with van der Waals surface area (Å²) >= 11 is 1.22. The molecule has 2 unspecified atom stereocenters. The molecule has 35 heavy (non-hydrogen) atoms. The minimum atomic E-state index is -4.59. The summed E-state index contributed by atoms with van der Waals surface area (Å²) in [5.74, 6) is -0.858. The minimum absolute atomic E-state index is 0.0661. The number of anilines is 2. The van der Waals surface area contributed by atoms with Gasteiger partial charge in [0.1, 0.15) is 16.3 Å². The number of alkyl halides is 3. The summed E-state index contributed by atoms with van der Waals surface area (Å²) in [5, 5.41) is 32.8. The number of aryl methyl sites for hydroxylation is 1. The monoisotopic (exact) mass is 509 g/mol. The Kier molecular flexibility index (Phi) is 6.77. The van der Waals surface area contributed by atoms with Gasteiger partial charge in [-0.15, -0.1) is 11.3 Å².